The molecular weight excluding hydrogens is 379 g/mol. The maximum Gasteiger partial charge on any atom is 0.262 e. The van der Waals surface area contributed by atoms with Gasteiger partial charge in [0.1, 0.15) is 11.6 Å². The van der Waals surface area contributed by atoms with Crippen LogP contribution in [0.2, 0.25) is 0 Å². The van der Waals surface area contributed by atoms with Crippen LogP contribution in [-0.4, -0.2) is 43.0 Å². The van der Waals surface area contributed by atoms with Gasteiger partial charge in [0, 0.05) is 25.0 Å². The molecule has 1 aliphatic heterocycles. The summed E-state index contributed by atoms with van der Waals surface area (Å²) in [5.74, 6) is 0.243. The highest BCUT2D eigenvalue weighted by Crippen LogP contribution is 2.30. The van der Waals surface area contributed by atoms with Crippen molar-refractivity contribution in [3.05, 3.63) is 89.4 Å². The molecule has 1 unspecified atom stereocenters. The molecule has 2 heterocycles. The number of aromatic nitrogens is 1. The van der Waals surface area contributed by atoms with Crippen LogP contribution in [0.4, 0.5) is 15.9 Å². The van der Waals surface area contributed by atoms with Gasteiger partial charge in [-0.2, -0.15) is 0 Å². The number of pyridine rings is 1. The first-order chi connectivity index (χ1) is 14.5. The van der Waals surface area contributed by atoms with Crippen LogP contribution >= 0.6 is 0 Å². The number of likely N-dealkylation sites (N-methyl/N-ethyl adjacent to an activating group) is 1. The fourth-order valence-electron chi connectivity index (χ4n) is 3.89. The van der Waals surface area contributed by atoms with Crippen molar-refractivity contribution in [2.24, 2.45) is 0 Å². The maximum atomic E-state index is 13.3. The highest BCUT2D eigenvalue weighted by atomic mass is 19.1. The van der Waals surface area contributed by atoms with Crippen molar-refractivity contribution in [3.63, 3.8) is 0 Å². The van der Waals surface area contributed by atoms with Crippen LogP contribution < -0.4 is 10.2 Å². The zero-order valence-electron chi connectivity index (χ0n) is 17.2. The Labute approximate surface area is 176 Å². The number of nitrogens with one attached hydrogen (secondary N) is 1. The molecule has 3 aromatic rings. The Morgan fingerprint density at radius 3 is 2.67 bits per heavy atom. The summed E-state index contributed by atoms with van der Waals surface area (Å²) in [7, 11) is 3.95. The summed E-state index contributed by atoms with van der Waals surface area (Å²) in [5, 5.41) is 3.34. The van der Waals surface area contributed by atoms with Gasteiger partial charge in [-0.25, -0.2) is 9.37 Å². The summed E-state index contributed by atoms with van der Waals surface area (Å²) in [6.45, 7) is 1.20. The lowest BCUT2D eigenvalue weighted by atomic mass is 10.1. The minimum Gasteiger partial charge on any atom is -0.367 e. The van der Waals surface area contributed by atoms with Crippen molar-refractivity contribution < 1.29 is 9.18 Å². The molecule has 1 aromatic heterocycles. The van der Waals surface area contributed by atoms with E-state index in [1.165, 1.54) is 17.7 Å². The monoisotopic (exact) mass is 404 g/mol. The molecule has 0 radical (unpaired) electrons. The van der Waals surface area contributed by atoms with Crippen molar-refractivity contribution >= 4 is 17.4 Å². The van der Waals surface area contributed by atoms with Crippen LogP contribution in [0, 0.1) is 5.82 Å². The van der Waals surface area contributed by atoms with Crippen LogP contribution in [0.25, 0.3) is 0 Å². The average Bonchev–Trinajstić information content (AvgIpc) is 3.19. The molecule has 1 atom stereocenters. The molecule has 154 valence electrons. The Hall–Kier alpha value is -3.25. The quantitative estimate of drug-likeness (QED) is 0.671. The highest BCUT2D eigenvalue weighted by molar-refractivity contribution is 6.10. The van der Waals surface area contributed by atoms with Crippen LogP contribution in [0.3, 0.4) is 0 Å². The molecular formula is C24H25FN4O. The third kappa shape index (κ3) is 4.04. The first-order valence-corrected chi connectivity index (χ1v) is 10.0. The van der Waals surface area contributed by atoms with Gasteiger partial charge >= 0.3 is 0 Å². The van der Waals surface area contributed by atoms with Gasteiger partial charge in [-0.1, -0.05) is 30.3 Å². The van der Waals surface area contributed by atoms with Gasteiger partial charge in [0.2, 0.25) is 0 Å². The lowest BCUT2D eigenvalue weighted by Crippen LogP contribution is -2.31. The minimum atomic E-state index is -0.257. The number of carbonyl (C=O) groups is 1. The number of hydrogen-bond donors (Lipinski definition) is 1. The molecule has 30 heavy (non-hydrogen) atoms. The Balaban J connectivity index is 1.55. The molecule has 1 N–H and O–H groups in total. The lowest BCUT2D eigenvalue weighted by molar-refractivity contribution is 0.0990. The van der Waals surface area contributed by atoms with E-state index in [0.29, 0.717) is 24.5 Å². The molecule has 1 amide bonds. The number of hydrogen-bond acceptors (Lipinski definition) is 4. The van der Waals surface area contributed by atoms with Crippen LogP contribution in [0.15, 0.2) is 66.9 Å². The van der Waals surface area contributed by atoms with Crippen molar-refractivity contribution in [1.29, 1.82) is 0 Å². The average molecular weight is 404 g/mol. The van der Waals surface area contributed by atoms with E-state index in [2.05, 4.69) is 21.3 Å². The van der Waals surface area contributed by atoms with E-state index < -0.39 is 0 Å². The second kappa shape index (κ2) is 8.63. The third-order valence-electron chi connectivity index (χ3n) is 5.51. The Morgan fingerprint density at radius 2 is 1.90 bits per heavy atom. The molecule has 0 spiro atoms. The number of carbonyl (C=O) groups excluding carboxylic acids is 1. The van der Waals surface area contributed by atoms with Crippen molar-refractivity contribution in [2.45, 2.75) is 12.5 Å². The van der Waals surface area contributed by atoms with Gasteiger partial charge < -0.3 is 15.1 Å². The fraction of sp³-hybridized carbons (Fsp3) is 0.250. The number of fused-ring (bicyclic) bond motifs is 1. The Kier molecular flexibility index (Phi) is 5.77. The van der Waals surface area contributed by atoms with E-state index in [4.69, 9.17) is 0 Å². The number of benzene rings is 2. The second-order valence-electron chi connectivity index (χ2n) is 7.65. The summed E-state index contributed by atoms with van der Waals surface area (Å²) < 4.78 is 13.3. The normalized spacial score (nSPS) is 13.9. The molecule has 4 rings (SSSR count). The summed E-state index contributed by atoms with van der Waals surface area (Å²) in [4.78, 5) is 21.6. The largest absolute Gasteiger partial charge is 0.367 e. The molecule has 0 saturated carbocycles. The summed E-state index contributed by atoms with van der Waals surface area (Å²) in [5.41, 5.74) is 3.69. The first-order valence-electron chi connectivity index (χ1n) is 10.0. The highest BCUT2D eigenvalue weighted by Gasteiger charge is 2.27. The van der Waals surface area contributed by atoms with Gasteiger partial charge in [-0.05, 0) is 62.0 Å². The predicted octanol–water partition coefficient (Wildman–Crippen LogP) is 4.14. The number of halogens is 1. The molecule has 0 bridgehead atoms. The van der Waals surface area contributed by atoms with E-state index in [1.54, 1.807) is 30.5 Å². The standard InChI is InChI=1S/C24H25FN4O/c1-28(2)22(18-9-11-19(25)12-10-18)16-27-23-20(7-5-14-26-23)24(30)29-15-13-17-6-3-4-8-21(17)29/h3-12,14,22H,13,15-16H2,1-2H3,(H,26,27). The molecule has 0 saturated heterocycles. The maximum absolute atomic E-state index is 13.3. The molecule has 6 heteroatoms. The van der Waals surface area contributed by atoms with E-state index in [1.807, 2.05) is 37.2 Å². The number of rotatable bonds is 6. The third-order valence-corrected chi connectivity index (χ3v) is 5.51. The first kappa shape index (κ1) is 20.0. The fourth-order valence-corrected chi connectivity index (χ4v) is 3.89. The lowest BCUT2D eigenvalue weighted by Gasteiger charge is -2.26. The number of amides is 1. The smallest absolute Gasteiger partial charge is 0.262 e. The zero-order chi connectivity index (χ0) is 21.1. The molecule has 0 aliphatic carbocycles. The molecule has 5 nitrogen and oxygen atoms in total. The van der Waals surface area contributed by atoms with Crippen molar-refractivity contribution in [2.75, 3.05) is 37.4 Å². The van der Waals surface area contributed by atoms with Crippen molar-refractivity contribution in [1.82, 2.24) is 9.88 Å². The van der Waals surface area contributed by atoms with E-state index in [0.717, 1.165) is 17.7 Å². The van der Waals surface area contributed by atoms with Crippen molar-refractivity contribution in [3.8, 4) is 0 Å². The van der Waals surface area contributed by atoms with E-state index in [-0.39, 0.29) is 17.8 Å². The Bertz CT molecular complexity index is 1040. The number of anilines is 2. The topological polar surface area (TPSA) is 48.5 Å². The Morgan fingerprint density at radius 1 is 1.13 bits per heavy atom. The minimum absolute atomic E-state index is 0.00284. The number of para-hydroxylation sites is 1. The SMILES string of the molecule is CN(C)C(CNc1ncccc1C(=O)N1CCc2ccccc21)c1ccc(F)cc1. The van der Waals surface area contributed by atoms with Gasteiger partial charge in [0.15, 0.2) is 0 Å². The zero-order valence-corrected chi connectivity index (χ0v) is 17.2. The predicted molar refractivity (Wildman–Crippen MR) is 117 cm³/mol. The summed E-state index contributed by atoms with van der Waals surface area (Å²) >= 11 is 0. The molecule has 0 fully saturated rings. The van der Waals surface area contributed by atoms with Gasteiger partial charge in [-0.15, -0.1) is 0 Å². The van der Waals surface area contributed by atoms with Crippen LogP contribution in [-0.2, 0) is 6.42 Å². The van der Waals surface area contributed by atoms with E-state index in [9.17, 15) is 9.18 Å². The van der Waals surface area contributed by atoms with E-state index >= 15 is 0 Å². The summed E-state index contributed by atoms with van der Waals surface area (Å²) in [6.07, 6.45) is 2.54. The molecule has 1 aliphatic rings. The second-order valence-corrected chi connectivity index (χ2v) is 7.65. The van der Waals surface area contributed by atoms with Crippen LogP contribution in [0.5, 0.6) is 0 Å². The summed E-state index contributed by atoms with van der Waals surface area (Å²) in [6, 6.07) is 18.1. The van der Waals surface area contributed by atoms with Gasteiger partial charge in [0.25, 0.3) is 5.91 Å². The molecule has 2 aromatic carbocycles. The number of nitrogens with zero attached hydrogens (tertiary/aromatic N) is 3. The van der Waals surface area contributed by atoms with Crippen LogP contribution in [0.1, 0.15) is 27.5 Å². The van der Waals surface area contributed by atoms with Gasteiger partial charge in [-0.3, -0.25) is 4.79 Å². The van der Waals surface area contributed by atoms with Gasteiger partial charge in [0.05, 0.1) is 11.6 Å².